The average Bonchev–Trinajstić information content (AvgIpc) is 3.16. The summed E-state index contributed by atoms with van der Waals surface area (Å²) in [4.78, 5) is 32.7. The summed E-state index contributed by atoms with van der Waals surface area (Å²) < 4.78 is 0. The van der Waals surface area contributed by atoms with E-state index in [1.807, 2.05) is 73.7 Å². The van der Waals surface area contributed by atoms with Crippen LogP contribution in [0, 0.1) is 0 Å². The highest BCUT2D eigenvalue weighted by Gasteiger charge is 2.13. The summed E-state index contributed by atoms with van der Waals surface area (Å²) in [5.74, 6) is -0.824. The number of rotatable bonds is 7. The van der Waals surface area contributed by atoms with Gasteiger partial charge in [-0.05, 0) is 53.4 Å². The summed E-state index contributed by atoms with van der Waals surface area (Å²) in [6, 6.07) is 52.2. The lowest BCUT2D eigenvalue weighted by atomic mass is 9.99. The summed E-state index contributed by atoms with van der Waals surface area (Å²) >= 11 is 0. The van der Waals surface area contributed by atoms with Crippen LogP contribution in [0.4, 0.5) is 0 Å². The smallest absolute Gasteiger partial charge is 0.300 e. The van der Waals surface area contributed by atoms with Gasteiger partial charge in [-0.3, -0.25) is 24.5 Å². The van der Waals surface area contributed by atoms with Crippen molar-refractivity contribution in [1.29, 1.82) is 0 Å². The van der Waals surface area contributed by atoms with E-state index < -0.39 is 5.97 Å². The number of nitrogens with zero attached hydrogens (tertiary/aromatic N) is 3. The van der Waals surface area contributed by atoms with Crippen LogP contribution in [0.15, 0.2) is 175 Å². The van der Waals surface area contributed by atoms with Gasteiger partial charge < -0.3 is 10.8 Å². The van der Waals surface area contributed by atoms with Crippen molar-refractivity contribution in [2.24, 2.45) is 10.7 Å². The minimum absolute atomic E-state index is 0.00981. The molecule has 3 N–H and O–H groups in total. The van der Waals surface area contributed by atoms with E-state index in [2.05, 4.69) is 82.8 Å². The van der Waals surface area contributed by atoms with Crippen LogP contribution in [-0.2, 0) is 4.79 Å². The summed E-state index contributed by atoms with van der Waals surface area (Å²) in [5, 5.41) is 7.42. The molecule has 7 heteroatoms. The minimum Gasteiger partial charge on any atom is -0.481 e. The van der Waals surface area contributed by atoms with Crippen LogP contribution in [0.1, 0.15) is 71.3 Å². The Bertz CT molecular complexity index is 1740. The molecule has 0 aliphatic carbocycles. The number of carboxylic acid groups (broad SMARTS) is 1. The Hall–Kier alpha value is -6.05. The molecule has 6 aromatic rings. The molecule has 0 unspecified atom stereocenters. The molecule has 0 radical (unpaired) electrons. The SMILES string of the molecule is CC(=NC(c1ccccc1)c1ccccc1)c1ccccn1.CC(=O)O.CC(=O)c1ccccn1.NC(c1ccccc1)c1ccccc1. The molecule has 0 bridgehead atoms. The van der Waals surface area contributed by atoms with Crippen LogP contribution in [0.25, 0.3) is 0 Å². The fraction of sp³-hybridized carbons (Fsp3) is 0.119. The van der Waals surface area contributed by atoms with Crippen LogP contribution < -0.4 is 5.73 Å². The highest BCUT2D eigenvalue weighted by molar-refractivity contribution is 5.97. The third kappa shape index (κ3) is 13.7. The van der Waals surface area contributed by atoms with Gasteiger partial charge in [0.05, 0.1) is 17.4 Å². The molecule has 0 aliphatic heterocycles. The van der Waals surface area contributed by atoms with Crippen LogP contribution in [0.2, 0.25) is 0 Å². The minimum atomic E-state index is -0.833. The second-order valence-corrected chi connectivity index (χ2v) is 10.7. The van der Waals surface area contributed by atoms with Gasteiger partial charge in [0.25, 0.3) is 5.97 Å². The van der Waals surface area contributed by atoms with Crippen LogP contribution in [0.3, 0.4) is 0 Å². The van der Waals surface area contributed by atoms with Crippen molar-refractivity contribution in [3.63, 3.8) is 0 Å². The monoisotopic (exact) mass is 650 g/mol. The fourth-order valence-corrected chi connectivity index (χ4v) is 4.53. The molecule has 49 heavy (non-hydrogen) atoms. The first-order chi connectivity index (χ1) is 23.8. The number of benzene rings is 4. The molecule has 0 aliphatic rings. The van der Waals surface area contributed by atoms with Gasteiger partial charge in [0.15, 0.2) is 5.78 Å². The van der Waals surface area contributed by atoms with E-state index in [0.29, 0.717) is 5.69 Å². The number of hydrogen-bond donors (Lipinski definition) is 2. The third-order valence-electron chi connectivity index (χ3n) is 6.93. The van der Waals surface area contributed by atoms with Crippen molar-refractivity contribution in [1.82, 2.24) is 9.97 Å². The lowest BCUT2D eigenvalue weighted by molar-refractivity contribution is -0.134. The predicted octanol–water partition coefficient (Wildman–Crippen LogP) is 8.79. The summed E-state index contributed by atoms with van der Waals surface area (Å²) in [5.41, 5.74) is 13.2. The Kier molecular flexibility index (Phi) is 16.0. The number of aliphatic imine (C=N–C) groups is 1. The number of hydrogen-bond acceptors (Lipinski definition) is 6. The van der Waals surface area contributed by atoms with Gasteiger partial charge in [-0.2, -0.15) is 0 Å². The maximum absolute atomic E-state index is 10.6. The van der Waals surface area contributed by atoms with E-state index in [1.165, 1.54) is 18.1 Å². The zero-order chi connectivity index (χ0) is 35.3. The van der Waals surface area contributed by atoms with Gasteiger partial charge in [0, 0.05) is 26.2 Å². The van der Waals surface area contributed by atoms with E-state index in [9.17, 15) is 4.79 Å². The number of carbonyl (C=O) groups is 2. The van der Waals surface area contributed by atoms with Crippen molar-refractivity contribution < 1.29 is 14.7 Å². The van der Waals surface area contributed by atoms with Crippen molar-refractivity contribution in [2.75, 3.05) is 0 Å². The second-order valence-electron chi connectivity index (χ2n) is 10.7. The first-order valence-electron chi connectivity index (χ1n) is 15.8. The average molecular weight is 651 g/mol. The number of nitrogens with two attached hydrogens (primary N) is 1. The molecule has 4 aromatic carbocycles. The normalized spacial score (nSPS) is 10.4. The molecular weight excluding hydrogens is 608 g/mol. The van der Waals surface area contributed by atoms with Crippen LogP contribution in [0.5, 0.6) is 0 Å². The fourth-order valence-electron chi connectivity index (χ4n) is 4.53. The molecular formula is C42H42N4O3. The highest BCUT2D eigenvalue weighted by Crippen LogP contribution is 2.26. The molecule has 2 aromatic heterocycles. The Morgan fingerprint density at radius 3 is 1.16 bits per heavy atom. The zero-order valence-electron chi connectivity index (χ0n) is 28.0. The van der Waals surface area contributed by atoms with Gasteiger partial charge in [-0.15, -0.1) is 0 Å². The maximum atomic E-state index is 10.6. The van der Waals surface area contributed by atoms with Crippen LogP contribution >= 0.6 is 0 Å². The topological polar surface area (TPSA) is 119 Å². The van der Waals surface area contributed by atoms with E-state index >= 15 is 0 Å². The highest BCUT2D eigenvalue weighted by atomic mass is 16.4. The molecule has 7 nitrogen and oxygen atoms in total. The number of aliphatic carboxylic acids is 1. The molecule has 0 saturated heterocycles. The van der Waals surface area contributed by atoms with Gasteiger partial charge in [-0.1, -0.05) is 133 Å². The quantitative estimate of drug-likeness (QED) is 0.132. The van der Waals surface area contributed by atoms with Gasteiger partial charge in [-0.25, -0.2) is 0 Å². The molecule has 0 saturated carbocycles. The predicted molar refractivity (Wildman–Crippen MR) is 198 cm³/mol. The van der Waals surface area contributed by atoms with E-state index in [-0.39, 0.29) is 17.9 Å². The number of Topliss-reactive ketones (excluding diaryl/α,β-unsaturated/α-hetero) is 1. The molecule has 0 spiro atoms. The summed E-state index contributed by atoms with van der Waals surface area (Å²) in [7, 11) is 0. The number of pyridine rings is 2. The van der Waals surface area contributed by atoms with Crippen molar-refractivity contribution in [3.8, 4) is 0 Å². The Labute approximate surface area is 288 Å². The molecule has 0 amide bonds. The van der Waals surface area contributed by atoms with Crippen molar-refractivity contribution in [2.45, 2.75) is 32.9 Å². The van der Waals surface area contributed by atoms with Gasteiger partial charge in [0.2, 0.25) is 0 Å². The maximum Gasteiger partial charge on any atom is 0.300 e. The largest absolute Gasteiger partial charge is 0.481 e. The summed E-state index contributed by atoms with van der Waals surface area (Å²) in [6.45, 7) is 4.60. The van der Waals surface area contributed by atoms with Crippen molar-refractivity contribution in [3.05, 3.63) is 204 Å². The molecule has 0 fully saturated rings. The van der Waals surface area contributed by atoms with Gasteiger partial charge in [0.1, 0.15) is 11.7 Å². The number of carbonyl (C=O) groups excluding carboxylic acids is 1. The Balaban J connectivity index is 0.000000205. The standard InChI is InChI=1S/C20H18N2.C13H13N.C7H7NO.C2H4O2/c1-16(19-14-8-9-15-21-19)22-20(17-10-4-2-5-11-17)18-12-6-3-7-13-18;14-13(11-7-3-1-4-8-11)12-9-5-2-6-10-12;1-6(9)7-4-2-3-5-8-7;1-2(3)4/h2-15,20H,1H3;1-10,13H,14H2;2-5H,1H3;1H3,(H,3,4). The van der Waals surface area contributed by atoms with E-state index in [1.54, 1.807) is 30.6 Å². The first kappa shape index (κ1) is 37.4. The number of carboxylic acids is 1. The lowest BCUT2D eigenvalue weighted by Gasteiger charge is -2.15. The zero-order valence-corrected chi connectivity index (χ0v) is 28.0. The van der Waals surface area contributed by atoms with E-state index in [4.69, 9.17) is 20.6 Å². The molecule has 2 heterocycles. The molecule has 0 atom stereocenters. The number of ketones is 1. The first-order valence-corrected chi connectivity index (χ1v) is 15.8. The second kappa shape index (κ2) is 20.9. The lowest BCUT2D eigenvalue weighted by Crippen LogP contribution is -2.11. The van der Waals surface area contributed by atoms with Crippen LogP contribution in [-0.4, -0.2) is 32.5 Å². The molecule has 248 valence electrons. The summed E-state index contributed by atoms with van der Waals surface area (Å²) in [6.07, 6.45) is 3.41. The van der Waals surface area contributed by atoms with Crippen molar-refractivity contribution >= 4 is 17.5 Å². The van der Waals surface area contributed by atoms with E-state index in [0.717, 1.165) is 29.5 Å². The number of aromatic nitrogens is 2. The Morgan fingerprint density at radius 1 is 0.531 bits per heavy atom. The third-order valence-corrected chi connectivity index (χ3v) is 6.93. The molecule has 6 rings (SSSR count). The van der Waals surface area contributed by atoms with Gasteiger partial charge >= 0.3 is 0 Å². The Morgan fingerprint density at radius 2 is 0.857 bits per heavy atom.